The Kier molecular flexibility index (Phi) is 12.8. The molecule has 3 heterocycles. The van der Waals surface area contributed by atoms with Crippen LogP contribution in [0, 0.1) is 0 Å². The Labute approximate surface area is 239 Å². The van der Waals surface area contributed by atoms with Crippen molar-refractivity contribution < 1.29 is 38.8 Å². The molecular weight excluding hydrogens is 584 g/mol. The second kappa shape index (κ2) is 15.4. The molecular formula is C24H42ClN5O8P2. The second-order valence-corrected chi connectivity index (χ2v) is 15.4. The lowest BCUT2D eigenvalue weighted by molar-refractivity contribution is -0.0354. The highest BCUT2D eigenvalue weighted by Crippen LogP contribution is 2.55. The summed E-state index contributed by atoms with van der Waals surface area (Å²) in [6.45, 7) is 2.89. The number of unbranched alkanes of at least 4 members (excludes halogenated alkanes) is 9. The van der Waals surface area contributed by atoms with Gasteiger partial charge in [-0.2, -0.15) is 9.97 Å². The van der Waals surface area contributed by atoms with Crippen molar-refractivity contribution in [3.8, 4) is 0 Å². The molecule has 0 aliphatic carbocycles. The van der Waals surface area contributed by atoms with Crippen LogP contribution in [0.2, 0.25) is 5.28 Å². The number of imidazole rings is 1. The minimum Gasteiger partial charge on any atom is -0.388 e. The third kappa shape index (κ3) is 10.00. The monoisotopic (exact) mass is 625 g/mol. The summed E-state index contributed by atoms with van der Waals surface area (Å²) in [6.07, 6.45) is 7.94. The van der Waals surface area contributed by atoms with E-state index in [1.54, 1.807) is 0 Å². The highest BCUT2D eigenvalue weighted by atomic mass is 35.5. The number of anilines is 1. The van der Waals surface area contributed by atoms with E-state index in [1.807, 2.05) is 0 Å². The second-order valence-electron chi connectivity index (χ2n) is 10.5. The van der Waals surface area contributed by atoms with Crippen LogP contribution >= 0.6 is 26.6 Å². The van der Waals surface area contributed by atoms with Crippen LogP contribution in [0.15, 0.2) is 6.33 Å². The Hall–Kier alpha value is -1.14. The number of hydrogen-bond acceptors (Lipinski definition) is 9. The van der Waals surface area contributed by atoms with Crippen molar-refractivity contribution in [2.75, 3.05) is 23.9 Å². The van der Waals surface area contributed by atoms with E-state index < -0.39 is 51.6 Å². The smallest absolute Gasteiger partial charge is 0.335 e. The van der Waals surface area contributed by atoms with Crippen molar-refractivity contribution in [1.82, 2.24) is 19.5 Å². The van der Waals surface area contributed by atoms with Crippen LogP contribution in [-0.2, 0) is 13.9 Å². The Bertz CT molecular complexity index is 1180. The number of nitrogens with one attached hydrogen (secondary N) is 1. The maximum absolute atomic E-state index is 12.2. The summed E-state index contributed by atoms with van der Waals surface area (Å²) in [4.78, 5) is 40.8. The van der Waals surface area contributed by atoms with Crippen molar-refractivity contribution in [1.29, 1.82) is 0 Å². The van der Waals surface area contributed by atoms with Gasteiger partial charge in [0.05, 0.1) is 12.4 Å². The van der Waals surface area contributed by atoms with Crippen molar-refractivity contribution in [2.24, 2.45) is 0 Å². The summed E-state index contributed by atoms with van der Waals surface area (Å²) in [7, 11) is -8.87. The molecule has 0 spiro atoms. The molecule has 40 heavy (non-hydrogen) atoms. The molecule has 2 aromatic heterocycles. The SMILES string of the molecule is CCCCCCCCCCCCNc1nc(Cl)nc2c1ncn2[C@@H]1O[C@H](CCP(=O)(O)CP(=O)(O)O)C(O)C1O. The van der Waals surface area contributed by atoms with E-state index in [0.29, 0.717) is 17.9 Å². The van der Waals surface area contributed by atoms with Crippen LogP contribution in [0.1, 0.15) is 83.8 Å². The Morgan fingerprint density at radius 3 is 2.23 bits per heavy atom. The predicted octanol–water partition coefficient (Wildman–Crippen LogP) is 4.23. The first kappa shape index (κ1) is 33.4. The molecule has 1 aliphatic heterocycles. The lowest BCUT2D eigenvalue weighted by atomic mass is 10.1. The van der Waals surface area contributed by atoms with Gasteiger partial charge in [-0.15, -0.1) is 0 Å². The Balaban J connectivity index is 1.55. The highest BCUT2D eigenvalue weighted by molar-refractivity contribution is 7.72. The van der Waals surface area contributed by atoms with Crippen molar-refractivity contribution >= 4 is 43.5 Å². The first-order chi connectivity index (χ1) is 18.9. The molecule has 1 saturated heterocycles. The molecule has 0 radical (unpaired) electrons. The van der Waals surface area contributed by atoms with E-state index >= 15 is 0 Å². The van der Waals surface area contributed by atoms with Crippen LogP contribution in [0.4, 0.5) is 5.82 Å². The molecule has 0 aromatic carbocycles. The van der Waals surface area contributed by atoms with Crippen LogP contribution in [-0.4, -0.2) is 81.3 Å². The third-order valence-electron chi connectivity index (χ3n) is 7.00. The van der Waals surface area contributed by atoms with E-state index in [2.05, 4.69) is 27.2 Å². The fraction of sp³-hybridized carbons (Fsp3) is 0.792. The van der Waals surface area contributed by atoms with Gasteiger partial charge in [0.15, 0.2) is 23.2 Å². The zero-order chi connectivity index (χ0) is 29.3. The lowest BCUT2D eigenvalue weighted by Gasteiger charge is -2.18. The van der Waals surface area contributed by atoms with Gasteiger partial charge in [-0.3, -0.25) is 13.7 Å². The van der Waals surface area contributed by atoms with E-state index in [-0.39, 0.29) is 17.4 Å². The Morgan fingerprint density at radius 1 is 0.975 bits per heavy atom. The van der Waals surface area contributed by atoms with Gasteiger partial charge in [-0.1, -0.05) is 64.7 Å². The average Bonchev–Trinajstić information content (AvgIpc) is 3.40. The number of fused-ring (bicyclic) bond motifs is 1. The normalized spacial score (nSPS) is 23.1. The molecule has 1 aliphatic rings. The number of aliphatic hydroxyl groups excluding tert-OH is 2. The number of aromatic nitrogens is 4. The first-order valence-corrected chi connectivity index (χ1v) is 18.1. The standard InChI is InChI=1S/C24H42ClN5O8P2/c1-2-3-4-5-6-7-8-9-10-11-13-26-21-18-22(29-24(25)28-21)30(15-27-18)23-20(32)19(31)17(38-23)12-14-39(33,34)16-40(35,36)37/h15,17,19-20,23,31-32H,2-14,16H2,1H3,(H,33,34)(H,26,28,29)(H2,35,36,37)/t17-,19?,20?,23-/m1/s1. The molecule has 0 amide bonds. The van der Waals surface area contributed by atoms with E-state index in [9.17, 15) is 24.2 Å². The molecule has 5 atom stereocenters. The van der Waals surface area contributed by atoms with E-state index in [0.717, 1.165) is 12.8 Å². The topological polar surface area (TPSA) is 200 Å². The molecule has 2 aromatic rings. The molecule has 228 valence electrons. The maximum Gasteiger partial charge on any atom is 0.335 e. The van der Waals surface area contributed by atoms with Gasteiger partial charge in [-0.05, 0) is 24.4 Å². The number of hydrogen-bond donors (Lipinski definition) is 6. The average molecular weight is 626 g/mol. The number of nitrogens with zero attached hydrogens (tertiary/aromatic N) is 4. The molecule has 3 unspecified atom stereocenters. The van der Waals surface area contributed by atoms with Crippen molar-refractivity contribution in [3.63, 3.8) is 0 Å². The fourth-order valence-electron chi connectivity index (χ4n) is 4.90. The summed E-state index contributed by atoms with van der Waals surface area (Å²) >= 11 is 6.17. The molecule has 1 fully saturated rings. The first-order valence-electron chi connectivity index (χ1n) is 13.9. The zero-order valence-corrected chi connectivity index (χ0v) is 25.4. The molecule has 0 bridgehead atoms. The van der Waals surface area contributed by atoms with Crippen LogP contribution < -0.4 is 5.32 Å². The summed E-state index contributed by atoms with van der Waals surface area (Å²) < 4.78 is 30.5. The van der Waals surface area contributed by atoms with Gasteiger partial charge in [0.2, 0.25) is 12.7 Å². The summed E-state index contributed by atoms with van der Waals surface area (Å²) in [6, 6.07) is 0. The van der Waals surface area contributed by atoms with Gasteiger partial charge in [0, 0.05) is 12.7 Å². The van der Waals surface area contributed by atoms with Crippen molar-refractivity contribution in [2.45, 2.75) is 102 Å². The maximum atomic E-state index is 12.2. The third-order valence-corrected chi connectivity index (χ3v) is 11.4. The zero-order valence-electron chi connectivity index (χ0n) is 22.8. The minimum absolute atomic E-state index is 0.0388. The number of halogens is 1. The summed E-state index contributed by atoms with van der Waals surface area (Å²) in [5.41, 5.74) is 0.684. The summed E-state index contributed by atoms with van der Waals surface area (Å²) in [5.74, 6) is -0.724. The van der Waals surface area contributed by atoms with E-state index in [4.69, 9.17) is 26.1 Å². The fourth-order valence-corrected chi connectivity index (χ4v) is 8.59. The van der Waals surface area contributed by atoms with E-state index in [1.165, 1.54) is 62.3 Å². The number of aliphatic hydroxyl groups is 2. The quantitative estimate of drug-likeness (QED) is 0.0783. The number of ether oxygens (including phenoxy) is 1. The largest absolute Gasteiger partial charge is 0.388 e. The van der Waals surface area contributed by atoms with Gasteiger partial charge in [-0.25, -0.2) is 4.98 Å². The lowest BCUT2D eigenvalue weighted by Crippen LogP contribution is -2.32. The van der Waals surface area contributed by atoms with Gasteiger partial charge < -0.3 is 34.9 Å². The Morgan fingerprint density at radius 2 is 1.60 bits per heavy atom. The molecule has 6 N–H and O–H groups in total. The van der Waals surface area contributed by atoms with Crippen molar-refractivity contribution in [3.05, 3.63) is 11.6 Å². The molecule has 3 rings (SSSR count). The van der Waals surface area contributed by atoms with Crippen LogP contribution in [0.3, 0.4) is 0 Å². The van der Waals surface area contributed by atoms with Gasteiger partial charge >= 0.3 is 7.60 Å². The number of rotatable bonds is 18. The predicted molar refractivity (Wildman–Crippen MR) is 153 cm³/mol. The summed E-state index contributed by atoms with van der Waals surface area (Å²) in [5, 5.41) is 24.4. The molecule has 0 saturated carbocycles. The van der Waals surface area contributed by atoms with Gasteiger partial charge in [0.25, 0.3) is 0 Å². The minimum atomic E-state index is -4.70. The highest BCUT2D eigenvalue weighted by Gasteiger charge is 2.45. The van der Waals surface area contributed by atoms with Gasteiger partial charge in [0.1, 0.15) is 18.1 Å². The molecule has 13 nitrogen and oxygen atoms in total. The van der Waals surface area contributed by atoms with Crippen LogP contribution in [0.25, 0.3) is 11.2 Å². The van der Waals surface area contributed by atoms with Crippen LogP contribution in [0.5, 0.6) is 0 Å². The molecule has 16 heteroatoms.